The number of rotatable bonds is 3. The number of hydrogen-bond donors (Lipinski definition) is 0. The Morgan fingerprint density at radius 1 is 0.353 bits per heavy atom. The van der Waals surface area contributed by atoms with Gasteiger partial charge in [-0.05, 0) is 118 Å². The molecule has 1 heterocycles. The quantitative estimate of drug-likeness (QED) is 0.172. The minimum atomic E-state index is -0.762. The molecule has 0 atom stereocenters. The lowest BCUT2D eigenvalue weighted by atomic mass is 9.83. The fourth-order valence-corrected chi connectivity index (χ4v) is 7.57. The molecule has 0 spiro atoms. The van der Waals surface area contributed by atoms with E-state index < -0.39 is 107 Å². The van der Waals surface area contributed by atoms with E-state index >= 15 is 0 Å². The molecule has 236 valence electrons. The van der Waals surface area contributed by atoms with Crippen molar-refractivity contribution in [3.8, 4) is 33.4 Å². The average Bonchev–Trinajstić information content (AvgIpc) is 3.69. The second kappa shape index (κ2) is 10.9. The summed E-state index contributed by atoms with van der Waals surface area (Å²) in [6.07, 6.45) is 0. The maximum Gasteiger partial charge on any atom is 0.136 e. The van der Waals surface area contributed by atoms with Crippen LogP contribution in [0, 0.1) is 0 Å². The molecule has 10 aromatic carbocycles. The molecule has 1 aromatic heterocycles. The van der Waals surface area contributed by atoms with Crippen LogP contribution in [0.1, 0.15) is 20.6 Å². The number of furan rings is 1. The Labute approximate surface area is 315 Å². The normalized spacial score (nSPS) is 16.0. The second-order valence-electron chi connectivity index (χ2n) is 12.5. The Balaban J connectivity index is 1.39. The molecule has 51 heavy (non-hydrogen) atoms. The lowest BCUT2D eigenvalue weighted by molar-refractivity contribution is 0.669. The Kier molecular flexibility index (Phi) is 3.70. The lowest BCUT2D eigenvalue weighted by Gasteiger charge is -2.20. The van der Waals surface area contributed by atoms with Crippen LogP contribution < -0.4 is 0 Å². The van der Waals surface area contributed by atoms with Gasteiger partial charge in [0.1, 0.15) is 11.2 Å². The summed E-state index contributed by atoms with van der Waals surface area (Å²) in [5.41, 5.74) is 2.24. The summed E-state index contributed by atoms with van der Waals surface area (Å²) >= 11 is 0. The van der Waals surface area contributed by atoms with Gasteiger partial charge in [0, 0.05) is 10.8 Å². The first-order valence-corrected chi connectivity index (χ1v) is 16.4. The van der Waals surface area contributed by atoms with Gasteiger partial charge in [0.25, 0.3) is 0 Å². The van der Waals surface area contributed by atoms with Crippen LogP contribution in [0.2, 0.25) is 0 Å². The first-order chi connectivity index (χ1) is 31.5. The monoisotopic (exact) mass is 661 g/mol. The molecule has 0 radical (unpaired) electrons. The van der Waals surface area contributed by atoms with Crippen LogP contribution in [0.5, 0.6) is 0 Å². The van der Waals surface area contributed by atoms with Gasteiger partial charge in [-0.1, -0.05) is 151 Å². The summed E-state index contributed by atoms with van der Waals surface area (Å²) in [5.74, 6) is 0. The molecule has 0 unspecified atom stereocenters. The van der Waals surface area contributed by atoms with Crippen LogP contribution >= 0.6 is 0 Å². The highest BCUT2D eigenvalue weighted by molar-refractivity contribution is 6.26. The smallest absolute Gasteiger partial charge is 0.136 e. The van der Waals surface area contributed by atoms with E-state index in [1.807, 2.05) is 78.9 Å². The van der Waals surface area contributed by atoms with Crippen LogP contribution in [0.15, 0.2) is 186 Å². The Bertz CT molecular complexity index is 3970. The molecule has 0 N–H and O–H groups in total. The zero-order valence-corrected chi connectivity index (χ0v) is 26.6. The first-order valence-electron chi connectivity index (χ1n) is 23.9. The average molecular weight is 662 g/mol. The van der Waals surface area contributed by atoms with Crippen molar-refractivity contribution in [3.05, 3.63) is 182 Å². The highest BCUT2D eigenvalue weighted by atomic mass is 16.3. The molecule has 0 fully saturated rings. The van der Waals surface area contributed by atoms with Crippen LogP contribution in [-0.2, 0) is 0 Å². The summed E-state index contributed by atoms with van der Waals surface area (Å²) in [7, 11) is 0. The van der Waals surface area contributed by atoms with Crippen LogP contribution in [0.3, 0.4) is 0 Å². The molecule has 0 aliphatic carbocycles. The van der Waals surface area contributed by atoms with E-state index in [4.69, 9.17) is 18.1 Å². The molecule has 0 aliphatic rings. The summed E-state index contributed by atoms with van der Waals surface area (Å²) in [6.45, 7) is 0. The molecule has 0 aliphatic heterocycles. The van der Waals surface area contributed by atoms with Crippen molar-refractivity contribution >= 4 is 75.8 Å². The van der Waals surface area contributed by atoms with Crippen molar-refractivity contribution in [2.24, 2.45) is 0 Å². The van der Waals surface area contributed by atoms with Gasteiger partial charge < -0.3 is 4.42 Å². The summed E-state index contributed by atoms with van der Waals surface area (Å²) < 4.78 is 143. The fourth-order valence-electron chi connectivity index (χ4n) is 7.57. The van der Waals surface area contributed by atoms with E-state index in [2.05, 4.69) is 6.07 Å². The van der Waals surface area contributed by atoms with E-state index in [1.54, 1.807) is 6.07 Å². The van der Waals surface area contributed by atoms with E-state index in [0.717, 1.165) is 27.1 Å². The third-order valence-corrected chi connectivity index (χ3v) is 9.74. The van der Waals surface area contributed by atoms with Crippen molar-refractivity contribution < 1.29 is 25.0 Å². The van der Waals surface area contributed by atoms with Gasteiger partial charge in [-0.15, -0.1) is 0 Å². The molecule has 11 aromatic rings. The Morgan fingerprint density at radius 2 is 0.961 bits per heavy atom. The van der Waals surface area contributed by atoms with Gasteiger partial charge in [-0.2, -0.15) is 0 Å². The molecule has 0 saturated heterocycles. The largest absolute Gasteiger partial charge is 0.456 e. The van der Waals surface area contributed by atoms with E-state index in [1.165, 1.54) is 0 Å². The Hall–Kier alpha value is -6.70. The van der Waals surface area contributed by atoms with Gasteiger partial charge in [0.05, 0.1) is 20.6 Å². The van der Waals surface area contributed by atoms with E-state index in [-0.39, 0.29) is 32.7 Å². The molecular weight excluding hydrogens is 617 g/mol. The van der Waals surface area contributed by atoms with E-state index in [9.17, 15) is 6.85 Å². The standard InChI is InChI=1S/C50H30O/c1-2-15-33-30-47-45(28-32(33)14-1)50-38(24-12-26-46(50)51-47)35-27-34-16-4-6-19-37(34)44(29-35)49-42-22-9-7-20-40(42)48(41-21-8-10-23-43(41)49)39-25-11-17-31-13-3-5-18-36(31)39/h1-30H/i3D,5D,7D,8D,9D,10D,11D,13D,17D,18D,20D,21D,22D,23D,25D. The van der Waals surface area contributed by atoms with Crippen LogP contribution in [-0.4, -0.2) is 0 Å². The van der Waals surface area contributed by atoms with Crippen molar-refractivity contribution in [3.63, 3.8) is 0 Å². The van der Waals surface area contributed by atoms with Gasteiger partial charge in [0.15, 0.2) is 0 Å². The summed E-state index contributed by atoms with van der Waals surface area (Å²) in [6, 6.07) is 18.5. The maximum atomic E-state index is 9.64. The van der Waals surface area contributed by atoms with Crippen molar-refractivity contribution in [1.29, 1.82) is 0 Å². The predicted octanol–water partition coefficient (Wildman–Crippen LogP) is 14.4. The summed E-state index contributed by atoms with van der Waals surface area (Å²) in [5, 5.41) is 3.06. The fraction of sp³-hybridized carbons (Fsp3) is 0. The SMILES string of the molecule is [2H]c1c([2H])c([2H])c2c(-c3c4c([2H])c([2H])c([2H])c([2H])c4c(-c4cc(-c5cccc6oc7cc8ccccc8cc7c56)cc5ccccc45)c4c([2H])c([2H])c([2H])c([2H])c34)c([2H])c([2H])c([2H])c2c1[2H]. The van der Waals surface area contributed by atoms with Crippen molar-refractivity contribution in [1.82, 2.24) is 0 Å². The number of fused-ring (bicyclic) bond motifs is 8. The zero-order chi connectivity index (χ0) is 46.5. The minimum absolute atomic E-state index is 0.0250. The minimum Gasteiger partial charge on any atom is -0.456 e. The third kappa shape index (κ3) is 4.22. The lowest BCUT2D eigenvalue weighted by Crippen LogP contribution is -1.93. The van der Waals surface area contributed by atoms with Gasteiger partial charge in [-0.25, -0.2) is 0 Å². The van der Waals surface area contributed by atoms with E-state index in [0.29, 0.717) is 33.1 Å². The van der Waals surface area contributed by atoms with Crippen molar-refractivity contribution in [2.45, 2.75) is 0 Å². The van der Waals surface area contributed by atoms with Crippen molar-refractivity contribution in [2.75, 3.05) is 0 Å². The first kappa shape index (κ1) is 17.3. The number of hydrogen-bond acceptors (Lipinski definition) is 1. The third-order valence-electron chi connectivity index (χ3n) is 9.74. The summed E-state index contributed by atoms with van der Waals surface area (Å²) in [4.78, 5) is 0. The molecular formula is C50H30O. The van der Waals surface area contributed by atoms with Crippen LogP contribution in [0.25, 0.3) is 109 Å². The molecule has 0 bridgehead atoms. The zero-order valence-electron chi connectivity index (χ0n) is 41.6. The highest BCUT2D eigenvalue weighted by Crippen LogP contribution is 2.48. The molecule has 1 heteroatoms. The molecule has 0 saturated carbocycles. The van der Waals surface area contributed by atoms with Gasteiger partial charge in [0.2, 0.25) is 0 Å². The second-order valence-corrected chi connectivity index (χ2v) is 12.5. The Morgan fingerprint density at radius 3 is 1.71 bits per heavy atom. The molecule has 1 nitrogen and oxygen atoms in total. The highest BCUT2D eigenvalue weighted by Gasteiger charge is 2.21. The maximum absolute atomic E-state index is 9.64. The van der Waals surface area contributed by atoms with Crippen LogP contribution in [0.4, 0.5) is 0 Å². The molecule has 11 rings (SSSR count). The predicted molar refractivity (Wildman–Crippen MR) is 218 cm³/mol. The number of benzene rings is 10. The van der Waals surface area contributed by atoms with Gasteiger partial charge >= 0.3 is 0 Å². The van der Waals surface area contributed by atoms with Gasteiger partial charge in [-0.3, -0.25) is 0 Å². The molecule has 0 amide bonds. The topological polar surface area (TPSA) is 13.1 Å².